The molecular weight excluding hydrogens is 470 g/mol. The Morgan fingerprint density at radius 1 is 1.11 bits per heavy atom. The molecule has 0 amide bonds. The first kappa shape index (κ1) is 24.4. The van der Waals surface area contributed by atoms with Gasteiger partial charge in [-0.05, 0) is 32.8 Å². The number of Topliss-reactive ketones (excluding diaryl/α,β-unsaturated/α-hetero) is 1. The van der Waals surface area contributed by atoms with Crippen LogP contribution in [0.15, 0.2) is 18.2 Å². The van der Waals surface area contributed by atoms with Gasteiger partial charge < -0.3 is 35.6 Å². The number of rotatable bonds is 3. The molecule has 1 fully saturated rings. The van der Waals surface area contributed by atoms with Gasteiger partial charge in [0.2, 0.25) is 12.1 Å². The van der Waals surface area contributed by atoms with Gasteiger partial charge in [-0.1, -0.05) is 12.1 Å². The lowest BCUT2D eigenvalue weighted by Crippen LogP contribution is -2.52. The van der Waals surface area contributed by atoms with Crippen LogP contribution in [0.4, 0.5) is 0 Å². The van der Waals surface area contributed by atoms with Gasteiger partial charge in [0.15, 0.2) is 11.6 Å². The average Bonchev–Trinajstić information content (AvgIpc) is 2.83. The minimum absolute atomic E-state index is 0.00841. The molecule has 10 nitrogen and oxygen atoms in total. The van der Waals surface area contributed by atoms with E-state index in [0.29, 0.717) is 0 Å². The number of nitrogens with two attached hydrogens (primary N) is 1. The summed E-state index contributed by atoms with van der Waals surface area (Å²) in [5.41, 5.74) is 3.66. The molecule has 1 heterocycles. The van der Waals surface area contributed by atoms with Crippen LogP contribution in [0.25, 0.3) is 0 Å². The molecule has 0 bridgehead atoms. The summed E-state index contributed by atoms with van der Waals surface area (Å²) in [6.07, 6.45) is -2.52. The minimum Gasteiger partial charge on any atom is -0.507 e. The van der Waals surface area contributed by atoms with Crippen molar-refractivity contribution < 1.29 is 44.3 Å². The lowest BCUT2D eigenvalue weighted by Gasteiger charge is -2.36. The Morgan fingerprint density at radius 2 is 1.78 bits per heavy atom. The molecule has 0 radical (unpaired) electrons. The second-order valence-electron chi connectivity index (χ2n) is 9.78. The molecule has 10 heteroatoms. The third-order valence-electron chi connectivity index (χ3n) is 7.53. The van der Waals surface area contributed by atoms with E-state index in [0.717, 1.165) is 0 Å². The van der Waals surface area contributed by atoms with Crippen molar-refractivity contribution >= 4 is 17.3 Å². The summed E-state index contributed by atoms with van der Waals surface area (Å²) in [4.78, 5) is 39.2. The van der Waals surface area contributed by atoms with E-state index in [2.05, 4.69) is 0 Å². The zero-order valence-electron chi connectivity index (χ0n) is 19.8. The third kappa shape index (κ3) is 3.52. The van der Waals surface area contributed by atoms with Gasteiger partial charge in [-0.25, -0.2) is 0 Å². The van der Waals surface area contributed by atoms with Gasteiger partial charge in [0.25, 0.3) is 0 Å². The molecule has 0 spiro atoms. The highest BCUT2D eigenvalue weighted by atomic mass is 16.7. The van der Waals surface area contributed by atoms with E-state index in [1.807, 2.05) is 0 Å². The second kappa shape index (κ2) is 8.38. The molecule has 2 aromatic rings. The lowest BCUT2D eigenvalue weighted by molar-refractivity contribution is -0.186. The van der Waals surface area contributed by atoms with E-state index in [1.165, 1.54) is 25.1 Å². The van der Waals surface area contributed by atoms with Crippen molar-refractivity contribution in [3.8, 4) is 17.2 Å². The molecule has 5 rings (SSSR count). The van der Waals surface area contributed by atoms with E-state index in [1.54, 1.807) is 6.92 Å². The van der Waals surface area contributed by atoms with Crippen molar-refractivity contribution in [2.75, 3.05) is 0 Å². The summed E-state index contributed by atoms with van der Waals surface area (Å²) in [6.45, 7) is 2.87. The van der Waals surface area contributed by atoms with Crippen molar-refractivity contribution in [1.29, 1.82) is 0 Å². The number of phenolic OH excluding ortho intramolecular Hbond substituents is 2. The number of carbonyl (C=O) groups excluding carboxylic acids is 3. The Balaban J connectivity index is 1.60. The average molecular weight is 498 g/mol. The molecule has 6 N–H and O–H groups in total. The molecule has 1 aliphatic heterocycles. The van der Waals surface area contributed by atoms with Crippen LogP contribution in [-0.4, -0.2) is 67.9 Å². The van der Waals surface area contributed by atoms with Crippen LogP contribution in [0.5, 0.6) is 17.2 Å². The summed E-state index contributed by atoms with van der Waals surface area (Å²) >= 11 is 0. The number of hydrogen-bond donors (Lipinski definition) is 5. The SMILES string of the molecule is CC(=O)C1(O)CCc2c(O)c3c(c(O)c2C1)C(=O)c1c(O[C@H]2C[C@H](N)[C@H](O)[C@H](C)O2)cccc1C3=O. The summed E-state index contributed by atoms with van der Waals surface area (Å²) in [6, 6.07) is 3.80. The smallest absolute Gasteiger partial charge is 0.202 e. The van der Waals surface area contributed by atoms with Crippen molar-refractivity contribution in [2.24, 2.45) is 5.73 Å². The molecule has 1 saturated heterocycles. The Labute approximate surface area is 206 Å². The number of phenols is 2. The predicted octanol–water partition coefficient (Wildman–Crippen LogP) is 0.884. The monoisotopic (exact) mass is 497 g/mol. The molecule has 0 saturated carbocycles. The number of aromatic hydroxyl groups is 2. The van der Waals surface area contributed by atoms with Gasteiger partial charge in [0.1, 0.15) is 22.8 Å². The van der Waals surface area contributed by atoms with Gasteiger partial charge >= 0.3 is 0 Å². The van der Waals surface area contributed by atoms with Crippen LogP contribution in [0, 0.1) is 0 Å². The maximum absolute atomic E-state index is 13.7. The number of aliphatic hydroxyl groups is 2. The van der Waals surface area contributed by atoms with Gasteiger partial charge in [0, 0.05) is 35.6 Å². The highest BCUT2D eigenvalue weighted by Crippen LogP contribution is 2.48. The maximum atomic E-state index is 13.7. The molecule has 3 aliphatic rings. The van der Waals surface area contributed by atoms with Crippen LogP contribution in [0.1, 0.15) is 69.7 Å². The second-order valence-corrected chi connectivity index (χ2v) is 9.78. The standard InChI is InChI=1S/C26H27NO9/c1-10-21(29)15(27)8-17(35-10)36-16-5-3-4-13-18(16)25(33)20-19(23(13)31)22(30)12-6-7-26(34,11(2)28)9-14(12)24(20)32/h3-5,10,15,17,21,29-30,32,34H,6-9,27H2,1-2H3/t10-,15-,17-,21+,26?/m0/s1. The molecule has 190 valence electrons. The van der Waals surface area contributed by atoms with Crippen LogP contribution >= 0.6 is 0 Å². The zero-order chi connectivity index (χ0) is 26.1. The van der Waals surface area contributed by atoms with Gasteiger partial charge in [0.05, 0.1) is 28.9 Å². The Hall–Kier alpha value is -3.31. The number of benzene rings is 2. The Morgan fingerprint density at radius 3 is 2.44 bits per heavy atom. The van der Waals surface area contributed by atoms with E-state index in [9.17, 15) is 34.8 Å². The number of ether oxygens (including phenoxy) is 2. The van der Waals surface area contributed by atoms with Crippen molar-refractivity contribution in [2.45, 2.75) is 69.7 Å². The predicted molar refractivity (Wildman–Crippen MR) is 124 cm³/mol. The molecule has 2 aliphatic carbocycles. The topological polar surface area (TPSA) is 177 Å². The number of hydrogen-bond acceptors (Lipinski definition) is 10. The summed E-state index contributed by atoms with van der Waals surface area (Å²) in [5, 5.41) is 42.9. The Bertz CT molecular complexity index is 1310. The number of aliphatic hydroxyl groups excluding tert-OH is 1. The maximum Gasteiger partial charge on any atom is 0.202 e. The fourth-order valence-electron chi connectivity index (χ4n) is 5.35. The number of ketones is 3. The molecule has 2 aromatic carbocycles. The fraction of sp³-hybridized carbons (Fsp3) is 0.423. The van der Waals surface area contributed by atoms with E-state index < -0.39 is 64.6 Å². The quantitative estimate of drug-likeness (QED) is 0.327. The highest BCUT2D eigenvalue weighted by Gasteiger charge is 2.45. The zero-order valence-corrected chi connectivity index (χ0v) is 19.8. The Kier molecular flexibility index (Phi) is 5.68. The first-order valence-electron chi connectivity index (χ1n) is 11.8. The van der Waals surface area contributed by atoms with Crippen LogP contribution < -0.4 is 10.5 Å². The molecule has 1 unspecified atom stereocenters. The van der Waals surface area contributed by atoms with Crippen LogP contribution in [-0.2, 0) is 22.4 Å². The van der Waals surface area contributed by atoms with Crippen molar-refractivity contribution in [1.82, 2.24) is 0 Å². The molecule has 0 aromatic heterocycles. The summed E-state index contributed by atoms with van der Waals surface area (Å²) in [5.74, 6) is -2.90. The van der Waals surface area contributed by atoms with Crippen molar-refractivity contribution in [3.63, 3.8) is 0 Å². The van der Waals surface area contributed by atoms with E-state index in [4.69, 9.17) is 15.2 Å². The largest absolute Gasteiger partial charge is 0.507 e. The fourth-order valence-corrected chi connectivity index (χ4v) is 5.35. The van der Waals surface area contributed by atoms with Gasteiger partial charge in [-0.15, -0.1) is 0 Å². The van der Waals surface area contributed by atoms with Gasteiger partial charge in [-0.2, -0.15) is 0 Å². The molecule has 36 heavy (non-hydrogen) atoms. The van der Waals surface area contributed by atoms with Crippen LogP contribution in [0.2, 0.25) is 0 Å². The molecular formula is C26H27NO9. The van der Waals surface area contributed by atoms with Gasteiger partial charge in [-0.3, -0.25) is 14.4 Å². The highest BCUT2D eigenvalue weighted by molar-refractivity contribution is 6.31. The number of carbonyl (C=O) groups is 3. The summed E-state index contributed by atoms with van der Waals surface area (Å²) in [7, 11) is 0. The lowest BCUT2D eigenvalue weighted by atomic mass is 9.73. The minimum atomic E-state index is -1.75. The number of fused-ring (bicyclic) bond motifs is 3. The first-order chi connectivity index (χ1) is 16.9. The summed E-state index contributed by atoms with van der Waals surface area (Å²) < 4.78 is 11.6. The van der Waals surface area contributed by atoms with Crippen molar-refractivity contribution in [3.05, 3.63) is 51.6 Å². The normalized spacial score (nSPS) is 29.2. The van der Waals surface area contributed by atoms with E-state index in [-0.39, 0.29) is 59.3 Å². The first-order valence-corrected chi connectivity index (χ1v) is 11.8. The van der Waals surface area contributed by atoms with Crippen LogP contribution in [0.3, 0.4) is 0 Å². The third-order valence-corrected chi connectivity index (χ3v) is 7.53. The van der Waals surface area contributed by atoms with E-state index >= 15 is 0 Å². The molecule has 5 atom stereocenters.